The van der Waals surface area contributed by atoms with E-state index in [9.17, 15) is 4.79 Å². The second-order valence-electron chi connectivity index (χ2n) is 13.2. The fraction of sp³-hybridized carbons (Fsp3) is 0.774. The monoisotopic (exact) mass is 449 g/mol. The summed E-state index contributed by atoms with van der Waals surface area (Å²) in [6, 6.07) is 9.21. The number of ketones is 1. The first-order chi connectivity index (χ1) is 15.7. The lowest BCUT2D eigenvalue weighted by Gasteiger charge is -2.61. The first kappa shape index (κ1) is 23.4. The first-order valence-corrected chi connectivity index (χ1v) is 14.0. The summed E-state index contributed by atoms with van der Waals surface area (Å²) in [4.78, 5) is 14.6. The molecule has 8 atom stereocenters. The molecule has 0 bridgehead atoms. The lowest BCUT2D eigenvalue weighted by atomic mass is 9.44. The Morgan fingerprint density at radius 3 is 2.30 bits per heavy atom. The van der Waals surface area contributed by atoms with Crippen LogP contribution in [0.5, 0.6) is 0 Å². The van der Waals surface area contributed by atoms with E-state index in [2.05, 4.69) is 57.1 Å². The number of carbonyl (C=O) groups is 1. The zero-order valence-electron chi connectivity index (χ0n) is 21.9. The van der Waals surface area contributed by atoms with Crippen LogP contribution in [0.2, 0.25) is 0 Å². The van der Waals surface area contributed by atoms with Crippen molar-refractivity contribution in [2.45, 2.75) is 91.4 Å². The molecule has 0 heterocycles. The number of benzene rings is 1. The van der Waals surface area contributed by atoms with Crippen molar-refractivity contribution >= 4 is 11.5 Å². The first-order valence-electron chi connectivity index (χ1n) is 14.0. The van der Waals surface area contributed by atoms with Crippen LogP contribution < -0.4 is 4.90 Å². The molecule has 4 saturated carbocycles. The van der Waals surface area contributed by atoms with Crippen molar-refractivity contribution in [2.24, 2.45) is 46.3 Å². The third-order valence-electron chi connectivity index (χ3n) is 11.6. The number of hydrogen-bond acceptors (Lipinski definition) is 2. The van der Waals surface area contributed by atoms with Crippen molar-refractivity contribution in [1.29, 1.82) is 0 Å². The Morgan fingerprint density at radius 1 is 0.909 bits per heavy atom. The summed E-state index contributed by atoms with van der Waals surface area (Å²) < 4.78 is 0. The van der Waals surface area contributed by atoms with E-state index in [4.69, 9.17) is 0 Å². The summed E-state index contributed by atoms with van der Waals surface area (Å²) >= 11 is 0. The Hall–Kier alpha value is -1.31. The van der Waals surface area contributed by atoms with Gasteiger partial charge in [-0.2, -0.15) is 0 Å². The Balaban J connectivity index is 1.22. The molecule has 33 heavy (non-hydrogen) atoms. The highest BCUT2D eigenvalue weighted by atomic mass is 16.1. The number of rotatable bonds is 5. The predicted octanol–water partition coefficient (Wildman–Crippen LogP) is 7.55. The van der Waals surface area contributed by atoms with E-state index in [0.717, 1.165) is 36.0 Å². The molecule has 0 amide bonds. The molecule has 4 fully saturated rings. The highest BCUT2D eigenvalue weighted by Gasteiger charge is 2.60. The molecule has 0 spiro atoms. The van der Waals surface area contributed by atoms with Gasteiger partial charge < -0.3 is 4.90 Å². The quantitative estimate of drug-likeness (QED) is 0.462. The Bertz CT molecular complexity index is 858. The molecular formula is C31H47NO. The van der Waals surface area contributed by atoms with Crippen molar-refractivity contribution in [3.8, 4) is 0 Å². The van der Waals surface area contributed by atoms with Crippen LogP contribution >= 0.6 is 0 Å². The summed E-state index contributed by atoms with van der Waals surface area (Å²) in [7, 11) is 4.23. The van der Waals surface area contributed by atoms with Crippen molar-refractivity contribution in [2.75, 3.05) is 19.0 Å². The van der Waals surface area contributed by atoms with Crippen molar-refractivity contribution in [1.82, 2.24) is 0 Å². The molecule has 0 N–H and O–H groups in total. The van der Waals surface area contributed by atoms with Crippen LogP contribution in [-0.4, -0.2) is 19.9 Å². The van der Waals surface area contributed by atoms with Crippen LogP contribution in [0.1, 0.15) is 90.5 Å². The van der Waals surface area contributed by atoms with Crippen molar-refractivity contribution < 1.29 is 4.79 Å². The van der Waals surface area contributed by atoms with Gasteiger partial charge in [0.15, 0.2) is 0 Å². The molecule has 2 nitrogen and oxygen atoms in total. The molecule has 0 aromatic heterocycles. The summed E-state index contributed by atoms with van der Waals surface area (Å²) in [5.74, 6) is 5.27. The van der Waals surface area contributed by atoms with Gasteiger partial charge in [0, 0.05) is 25.7 Å². The van der Waals surface area contributed by atoms with Gasteiger partial charge in [0.25, 0.3) is 0 Å². The minimum Gasteiger partial charge on any atom is -0.378 e. The number of fused-ring (bicyclic) bond motifs is 5. The molecule has 1 aromatic rings. The van der Waals surface area contributed by atoms with E-state index in [0.29, 0.717) is 22.5 Å². The minimum absolute atomic E-state index is 0.301. The summed E-state index contributed by atoms with van der Waals surface area (Å²) in [6.45, 7) is 7.04. The van der Waals surface area contributed by atoms with Gasteiger partial charge in [-0.1, -0.05) is 26.0 Å². The lowest BCUT2D eigenvalue weighted by molar-refractivity contribution is -0.135. The highest BCUT2D eigenvalue weighted by molar-refractivity contribution is 5.79. The van der Waals surface area contributed by atoms with Crippen LogP contribution in [0.25, 0.3) is 0 Å². The van der Waals surface area contributed by atoms with Crippen molar-refractivity contribution in [3.05, 3.63) is 29.8 Å². The molecule has 2 unspecified atom stereocenters. The van der Waals surface area contributed by atoms with E-state index in [1.165, 1.54) is 75.5 Å². The maximum atomic E-state index is 12.4. The number of nitrogens with zero attached hydrogens (tertiary/aromatic N) is 1. The van der Waals surface area contributed by atoms with Crippen LogP contribution in [0.3, 0.4) is 0 Å². The number of aryl methyl sites for hydroxylation is 1. The Labute approximate surface area is 202 Å². The van der Waals surface area contributed by atoms with Gasteiger partial charge in [-0.3, -0.25) is 4.79 Å². The van der Waals surface area contributed by atoms with E-state index in [-0.39, 0.29) is 0 Å². The van der Waals surface area contributed by atoms with E-state index in [1.54, 1.807) is 0 Å². The summed E-state index contributed by atoms with van der Waals surface area (Å²) in [6.07, 6.45) is 15.0. The van der Waals surface area contributed by atoms with E-state index >= 15 is 0 Å². The molecule has 182 valence electrons. The average Bonchev–Trinajstić information content (AvgIpc) is 3.15. The number of carbonyl (C=O) groups excluding carboxylic acids is 1. The molecule has 0 radical (unpaired) electrons. The topological polar surface area (TPSA) is 20.3 Å². The second-order valence-corrected chi connectivity index (χ2v) is 13.2. The second kappa shape index (κ2) is 8.72. The highest BCUT2D eigenvalue weighted by Crippen LogP contribution is 2.67. The maximum absolute atomic E-state index is 12.4. The Morgan fingerprint density at radius 2 is 1.61 bits per heavy atom. The molecular weight excluding hydrogens is 402 g/mol. The van der Waals surface area contributed by atoms with Gasteiger partial charge in [0.05, 0.1) is 0 Å². The SMILES string of the molecule is CC(=O)[C@H]1CC[C@H]2[C@@H]3CCC4CC(CCc5ccc(N(C)C)cc5)CC[C@]4(C)[C@H]3CC[C@]12C. The molecule has 2 heteroatoms. The average molecular weight is 450 g/mol. The standard InChI is InChI=1S/C31H47NO/c1-21(33)27-14-15-28-26-13-10-24-20-23(7-6-22-8-11-25(12-9-22)32(4)5)16-18-30(24,2)29(26)17-19-31(27,28)3/h8-9,11-12,23-24,26-29H,6-7,10,13-20H2,1-5H3/t23?,24?,26-,27+,28-,29-,30-,31+/m0/s1. The number of Topliss-reactive ketones (excluding diaryl/α,β-unsaturated/α-hetero) is 1. The number of hydrogen-bond donors (Lipinski definition) is 0. The van der Waals surface area contributed by atoms with Crippen LogP contribution in [-0.2, 0) is 11.2 Å². The summed E-state index contributed by atoms with van der Waals surface area (Å²) in [5, 5.41) is 0. The van der Waals surface area contributed by atoms with Gasteiger partial charge in [-0.05, 0) is 136 Å². The molecule has 5 rings (SSSR count). The summed E-state index contributed by atoms with van der Waals surface area (Å²) in [5.41, 5.74) is 3.66. The molecule has 4 aliphatic rings. The van der Waals surface area contributed by atoms with Crippen LogP contribution in [0, 0.1) is 46.3 Å². The maximum Gasteiger partial charge on any atom is 0.133 e. The molecule has 0 aliphatic heterocycles. The van der Waals surface area contributed by atoms with E-state index in [1.807, 2.05) is 6.92 Å². The zero-order valence-corrected chi connectivity index (χ0v) is 21.9. The molecule has 1 aromatic carbocycles. The normalized spacial score (nSPS) is 42.2. The number of anilines is 1. The van der Waals surface area contributed by atoms with Gasteiger partial charge >= 0.3 is 0 Å². The van der Waals surface area contributed by atoms with Gasteiger partial charge in [0.1, 0.15) is 5.78 Å². The minimum atomic E-state index is 0.301. The van der Waals surface area contributed by atoms with Gasteiger partial charge in [-0.15, -0.1) is 0 Å². The molecule has 0 saturated heterocycles. The predicted molar refractivity (Wildman–Crippen MR) is 138 cm³/mol. The van der Waals surface area contributed by atoms with Crippen molar-refractivity contribution in [3.63, 3.8) is 0 Å². The smallest absolute Gasteiger partial charge is 0.133 e. The fourth-order valence-corrected chi connectivity index (χ4v) is 9.61. The third kappa shape index (κ3) is 3.98. The van der Waals surface area contributed by atoms with Gasteiger partial charge in [0.2, 0.25) is 0 Å². The van der Waals surface area contributed by atoms with Crippen LogP contribution in [0.4, 0.5) is 5.69 Å². The largest absolute Gasteiger partial charge is 0.378 e. The van der Waals surface area contributed by atoms with E-state index < -0.39 is 0 Å². The third-order valence-corrected chi connectivity index (χ3v) is 11.6. The lowest BCUT2D eigenvalue weighted by Crippen LogP contribution is -2.53. The Kier molecular flexibility index (Phi) is 6.19. The van der Waals surface area contributed by atoms with Crippen LogP contribution in [0.15, 0.2) is 24.3 Å². The van der Waals surface area contributed by atoms with Gasteiger partial charge in [-0.25, -0.2) is 0 Å². The fourth-order valence-electron chi connectivity index (χ4n) is 9.61. The zero-order chi connectivity index (χ0) is 23.4. The molecule has 4 aliphatic carbocycles.